The molecular formula is C13H16N4O5S. The van der Waals surface area contributed by atoms with Crippen LogP contribution in [0.15, 0.2) is 19.2 Å². The van der Waals surface area contributed by atoms with E-state index >= 15 is 0 Å². The van der Waals surface area contributed by atoms with Gasteiger partial charge in [0.15, 0.2) is 0 Å². The van der Waals surface area contributed by atoms with E-state index in [1.54, 1.807) is 13.8 Å². The molecule has 0 spiro atoms. The van der Waals surface area contributed by atoms with Crippen LogP contribution in [-0.4, -0.2) is 38.5 Å². The van der Waals surface area contributed by atoms with Crippen molar-refractivity contribution in [2.45, 2.75) is 31.9 Å². The van der Waals surface area contributed by atoms with Crippen molar-refractivity contribution in [3.63, 3.8) is 0 Å². The van der Waals surface area contributed by atoms with Gasteiger partial charge in [0, 0.05) is 17.7 Å². The van der Waals surface area contributed by atoms with Gasteiger partial charge in [-0.2, -0.15) is 0 Å². The van der Waals surface area contributed by atoms with Crippen LogP contribution in [0, 0.1) is 6.92 Å². The summed E-state index contributed by atoms with van der Waals surface area (Å²) in [5.41, 5.74) is 0.00747. The first kappa shape index (κ1) is 17.0. The largest absolute Gasteiger partial charge is 0.465 e. The van der Waals surface area contributed by atoms with Crippen LogP contribution in [0.2, 0.25) is 0 Å². The third-order valence-electron chi connectivity index (χ3n) is 2.91. The van der Waals surface area contributed by atoms with E-state index in [0.717, 1.165) is 11.8 Å². The second-order valence-corrected chi connectivity index (χ2v) is 5.49. The monoisotopic (exact) mass is 340 g/mol. The topological polar surface area (TPSA) is 131 Å². The molecule has 0 aliphatic heterocycles. The van der Waals surface area contributed by atoms with Crippen LogP contribution in [0.4, 0.5) is 0 Å². The molecule has 0 bridgehead atoms. The Morgan fingerprint density at radius 2 is 2.04 bits per heavy atom. The minimum atomic E-state index is -0.535. The van der Waals surface area contributed by atoms with Crippen LogP contribution in [-0.2, 0) is 22.4 Å². The summed E-state index contributed by atoms with van der Waals surface area (Å²) in [7, 11) is 0. The van der Waals surface area contributed by atoms with E-state index in [1.165, 1.54) is 0 Å². The number of hydrogen-bond donors (Lipinski definition) is 2. The molecule has 0 aromatic carbocycles. The van der Waals surface area contributed by atoms with Gasteiger partial charge < -0.3 is 14.1 Å². The third-order valence-corrected chi connectivity index (χ3v) is 3.70. The molecule has 0 saturated carbocycles. The summed E-state index contributed by atoms with van der Waals surface area (Å²) >= 11 is 1.09. The molecule has 124 valence electrons. The summed E-state index contributed by atoms with van der Waals surface area (Å²) in [6.45, 7) is 3.70. The summed E-state index contributed by atoms with van der Waals surface area (Å²) in [5.74, 6) is 0.0859. The second kappa shape index (κ2) is 7.77. The summed E-state index contributed by atoms with van der Waals surface area (Å²) in [6.07, 6.45) is 0.699. The molecule has 10 heteroatoms. The number of thioether (sulfide) groups is 1. The van der Waals surface area contributed by atoms with Gasteiger partial charge in [0.2, 0.25) is 5.89 Å². The van der Waals surface area contributed by atoms with Crippen LogP contribution < -0.4 is 11.2 Å². The lowest BCUT2D eigenvalue weighted by Crippen LogP contribution is -2.27. The molecule has 2 N–H and O–H groups in total. The summed E-state index contributed by atoms with van der Waals surface area (Å²) < 4.78 is 10.2. The molecule has 23 heavy (non-hydrogen) atoms. The van der Waals surface area contributed by atoms with Crippen molar-refractivity contribution >= 4 is 17.7 Å². The van der Waals surface area contributed by atoms with Gasteiger partial charge in [-0.25, -0.2) is 4.79 Å². The fraction of sp³-hybridized carbons (Fsp3) is 0.462. The fourth-order valence-electron chi connectivity index (χ4n) is 1.88. The number of ether oxygens (including phenoxy) is 1. The van der Waals surface area contributed by atoms with Gasteiger partial charge >= 0.3 is 11.7 Å². The maximum atomic E-state index is 11.7. The molecule has 0 aliphatic rings. The first-order valence-corrected chi connectivity index (χ1v) is 7.91. The Balaban J connectivity index is 1.94. The maximum Gasteiger partial charge on any atom is 0.325 e. The molecule has 0 atom stereocenters. The SMILES string of the molecule is CCOC(=O)CSc1nnc(CCc2c(C)[nH]c(=O)[nH]c2=O)o1. The standard InChI is InChI=1S/C13H16N4O5S/c1-3-21-10(18)6-23-13-17-16-9(22-13)5-4-8-7(2)14-12(20)15-11(8)19/h3-6H2,1-2H3,(H2,14,15,19,20). The van der Waals surface area contributed by atoms with Crippen LogP contribution in [0.25, 0.3) is 0 Å². The van der Waals surface area contributed by atoms with Crippen LogP contribution in [0.1, 0.15) is 24.1 Å². The van der Waals surface area contributed by atoms with Gasteiger partial charge in [-0.3, -0.25) is 14.6 Å². The lowest BCUT2D eigenvalue weighted by molar-refractivity contribution is -0.139. The molecular weight excluding hydrogens is 324 g/mol. The molecule has 2 aromatic rings. The molecule has 0 aliphatic carbocycles. The zero-order valence-electron chi connectivity index (χ0n) is 12.7. The highest BCUT2D eigenvalue weighted by Crippen LogP contribution is 2.17. The van der Waals surface area contributed by atoms with Gasteiger partial charge in [-0.15, -0.1) is 10.2 Å². The van der Waals surface area contributed by atoms with Crippen molar-refractivity contribution < 1.29 is 13.9 Å². The van der Waals surface area contributed by atoms with Gasteiger partial charge in [0.1, 0.15) is 5.75 Å². The molecule has 0 unspecified atom stereocenters. The lowest BCUT2D eigenvalue weighted by Gasteiger charge is -2.01. The van der Waals surface area contributed by atoms with E-state index in [1.807, 2.05) is 0 Å². The maximum absolute atomic E-state index is 11.7. The molecule has 0 amide bonds. The number of H-pyrrole nitrogens is 2. The van der Waals surface area contributed by atoms with Gasteiger partial charge in [0.05, 0.1) is 6.61 Å². The zero-order valence-corrected chi connectivity index (χ0v) is 13.5. The van der Waals surface area contributed by atoms with Crippen molar-refractivity contribution in [1.82, 2.24) is 20.2 Å². The molecule has 0 radical (unpaired) electrons. The Morgan fingerprint density at radius 3 is 2.74 bits per heavy atom. The molecule has 0 saturated heterocycles. The molecule has 2 heterocycles. The molecule has 2 aromatic heterocycles. The number of nitrogens with zero attached hydrogens (tertiary/aromatic N) is 2. The van der Waals surface area contributed by atoms with Crippen LogP contribution in [0.5, 0.6) is 0 Å². The van der Waals surface area contributed by atoms with Crippen molar-refractivity contribution in [2.24, 2.45) is 0 Å². The lowest BCUT2D eigenvalue weighted by atomic mass is 10.1. The second-order valence-electron chi connectivity index (χ2n) is 4.57. The Morgan fingerprint density at radius 1 is 1.26 bits per heavy atom. The highest BCUT2D eigenvalue weighted by Gasteiger charge is 2.12. The van der Waals surface area contributed by atoms with Gasteiger partial charge in [-0.05, 0) is 20.3 Å². The number of hydrogen-bond acceptors (Lipinski definition) is 8. The first-order chi connectivity index (χ1) is 11.0. The number of rotatable bonds is 7. The molecule has 9 nitrogen and oxygen atoms in total. The predicted molar refractivity (Wildman–Crippen MR) is 81.5 cm³/mol. The predicted octanol–water partition coefficient (Wildman–Crippen LogP) is 0.195. The van der Waals surface area contributed by atoms with E-state index < -0.39 is 11.2 Å². The molecule has 0 fully saturated rings. The Labute approximate surface area is 134 Å². The van der Waals surface area contributed by atoms with E-state index in [-0.39, 0.29) is 16.9 Å². The Bertz CT molecular complexity index is 794. The number of aromatic nitrogens is 4. The highest BCUT2D eigenvalue weighted by molar-refractivity contribution is 7.99. The van der Waals surface area contributed by atoms with Crippen molar-refractivity contribution in [1.29, 1.82) is 0 Å². The normalized spacial score (nSPS) is 10.7. The van der Waals surface area contributed by atoms with E-state index in [2.05, 4.69) is 20.2 Å². The number of carbonyl (C=O) groups is 1. The third kappa shape index (κ3) is 4.81. The average Bonchev–Trinajstić information content (AvgIpc) is 2.92. The number of nitrogens with one attached hydrogen (secondary N) is 2. The van der Waals surface area contributed by atoms with E-state index in [0.29, 0.717) is 36.6 Å². The summed E-state index contributed by atoms with van der Waals surface area (Å²) in [5, 5.41) is 7.94. The summed E-state index contributed by atoms with van der Waals surface area (Å²) in [6, 6.07) is 0. The smallest absolute Gasteiger partial charge is 0.325 e. The minimum Gasteiger partial charge on any atom is -0.465 e. The number of aromatic amines is 2. The number of aryl methyl sites for hydroxylation is 2. The van der Waals surface area contributed by atoms with Crippen molar-refractivity contribution in [3.05, 3.63) is 38.0 Å². The van der Waals surface area contributed by atoms with Crippen molar-refractivity contribution in [2.75, 3.05) is 12.4 Å². The van der Waals surface area contributed by atoms with Gasteiger partial charge in [-0.1, -0.05) is 11.8 Å². The minimum absolute atomic E-state index is 0.0914. The highest BCUT2D eigenvalue weighted by atomic mass is 32.2. The fourth-order valence-corrected chi connectivity index (χ4v) is 2.46. The molecule has 2 rings (SSSR count). The van der Waals surface area contributed by atoms with Crippen LogP contribution >= 0.6 is 11.8 Å². The number of carbonyl (C=O) groups excluding carboxylic acids is 1. The Kier molecular flexibility index (Phi) is 5.74. The van der Waals surface area contributed by atoms with Crippen molar-refractivity contribution in [3.8, 4) is 0 Å². The van der Waals surface area contributed by atoms with E-state index in [9.17, 15) is 14.4 Å². The number of esters is 1. The zero-order chi connectivity index (χ0) is 16.8. The first-order valence-electron chi connectivity index (χ1n) is 6.92. The summed E-state index contributed by atoms with van der Waals surface area (Å²) in [4.78, 5) is 38.8. The van der Waals surface area contributed by atoms with E-state index in [4.69, 9.17) is 9.15 Å². The van der Waals surface area contributed by atoms with Crippen LogP contribution in [0.3, 0.4) is 0 Å². The van der Waals surface area contributed by atoms with Gasteiger partial charge in [0.25, 0.3) is 10.8 Å². The quantitative estimate of drug-likeness (QED) is 0.539. The Hall–Kier alpha value is -2.36. The average molecular weight is 340 g/mol.